The Morgan fingerprint density at radius 2 is 1.75 bits per heavy atom. The molecule has 0 amide bonds. The van der Waals surface area contributed by atoms with E-state index in [4.69, 9.17) is 0 Å². The van der Waals surface area contributed by atoms with E-state index in [0.29, 0.717) is 25.1 Å². The van der Waals surface area contributed by atoms with E-state index < -0.39 is 21.4 Å². The first-order chi connectivity index (χ1) is 17.3. The van der Waals surface area contributed by atoms with Crippen LogP contribution in [0.25, 0.3) is 22.5 Å². The zero-order chi connectivity index (χ0) is 25.6. The topological polar surface area (TPSA) is 129 Å². The summed E-state index contributed by atoms with van der Waals surface area (Å²) in [6.07, 6.45) is 4.93. The van der Waals surface area contributed by atoms with E-state index in [1.54, 1.807) is 0 Å². The number of rotatable bonds is 11. The van der Waals surface area contributed by atoms with E-state index >= 15 is 0 Å². The number of aromatic amines is 1. The number of benzene rings is 2. The number of hydrogen-bond donors (Lipinski definition) is 2. The Morgan fingerprint density at radius 1 is 1.06 bits per heavy atom. The van der Waals surface area contributed by atoms with Crippen molar-refractivity contribution in [3.63, 3.8) is 0 Å². The van der Waals surface area contributed by atoms with Gasteiger partial charge >= 0.3 is 5.97 Å². The van der Waals surface area contributed by atoms with Crippen molar-refractivity contribution >= 4 is 16.0 Å². The van der Waals surface area contributed by atoms with Gasteiger partial charge in [-0.2, -0.15) is 9.52 Å². The van der Waals surface area contributed by atoms with Crippen molar-refractivity contribution < 1.29 is 18.3 Å². The quantitative estimate of drug-likeness (QED) is 0.388. The summed E-state index contributed by atoms with van der Waals surface area (Å²) in [6, 6.07) is 15.4. The van der Waals surface area contributed by atoms with Crippen molar-refractivity contribution in [3.8, 4) is 22.5 Å². The number of H-pyrrole nitrogens is 1. The van der Waals surface area contributed by atoms with Gasteiger partial charge in [-0.15, -0.1) is 10.2 Å². The number of nitrogens with one attached hydrogen (secondary N) is 1. The summed E-state index contributed by atoms with van der Waals surface area (Å²) in [5.74, 6) is -0.379. The molecule has 1 fully saturated rings. The molecule has 3 aromatic rings. The number of hydrogen-bond acceptors (Lipinski definition) is 6. The van der Waals surface area contributed by atoms with Crippen LogP contribution in [-0.4, -0.2) is 56.7 Å². The van der Waals surface area contributed by atoms with Crippen molar-refractivity contribution in [2.75, 3.05) is 12.3 Å². The number of tetrazole rings is 1. The smallest absolute Gasteiger partial charge is 0.310 e. The number of carboxylic acids is 1. The number of sulfonamides is 1. The summed E-state index contributed by atoms with van der Waals surface area (Å²) in [5.41, 5.74) is 2.50. The molecule has 1 aliphatic carbocycles. The Balaban J connectivity index is 1.61. The van der Waals surface area contributed by atoms with Crippen molar-refractivity contribution in [1.29, 1.82) is 0 Å². The standard InChI is InChI=1S/C26H33N5O4S/c1-2-3-17-36(34,35)31(19-26(25(32)33)15-7-4-8-16-26)18-20-11-13-21(14-12-20)22-9-5-6-10-23(22)24-27-29-30-28-24/h5-6,9-14H,2-4,7-8,15-19H2,1H3,(H,32,33)(H,27,28,29,30). The molecule has 2 N–H and O–H groups in total. The minimum atomic E-state index is -3.61. The molecule has 0 spiro atoms. The van der Waals surface area contributed by atoms with Crippen molar-refractivity contribution in [2.24, 2.45) is 5.41 Å². The van der Waals surface area contributed by atoms with Crippen LogP contribution in [0.5, 0.6) is 0 Å². The lowest BCUT2D eigenvalue weighted by Crippen LogP contribution is -2.47. The van der Waals surface area contributed by atoms with Gasteiger partial charge in [-0.05, 0) is 41.2 Å². The third-order valence-electron chi connectivity index (χ3n) is 7.03. The Bertz CT molecular complexity index is 1250. The van der Waals surface area contributed by atoms with Gasteiger partial charge in [-0.3, -0.25) is 4.79 Å². The molecule has 0 bridgehead atoms. The molecule has 1 heterocycles. The fourth-order valence-electron chi connectivity index (χ4n) is 4.91. The minimum absolute atomic E-state index is 0.0107. The fraction of sp³-hybridized carbons (Fsp3) is 0.462. The van der Waals surface area contributed by atoms with Crippen LogP contribution in [0.4, 0.5) is 0 Å². The molecule has 36 heavy (non-hydrogen) atoms. The third-order valence-corrected chi connectivity index (χ3v) is 8.88. The number of nitrogens with zero attached hydrogens (tertiary/aromatic N) is 4. The van der Waals surface area contributed by atoms with E-state index in [1.807, 2.05) is 55.5 Å². The van der Waals surface area contributed by atoms with Gasteiger partial charge in [-0.25, -0.2) is 8.42 Å². The summed E-state index contributed by atoms with van der Waals surface area (Å²) in [4.78, 5) is 12.3. The van der Waals surface area contributed by atoms with Crippen LogP contribution in [0.2, 0.25) is 0 Å². The summed E-state index contributed by atoms with van der Waals surface area (Å²) >= 11 is 0. The Labute approximate surface area is 212 Å². The first-order valence-corrected chi connectivity index (χ1v) is 14.1. The Kier molecular flexibility index (Phi) is 8.15. The van der Waals surface area contributed by atoms with Crippen LogP contribution in [0, 0.1) is 5.41 Å². The Hall–Kier alpha value is -3.11. The third kappa shape index (κ3) is 5.82. The molecular formula is C26H33N5O4S. The van der Waals surface area contributed by atoms with E-state index in [2.05, 4.69) is 20.6 Å². The molecule has 9 nitrogen and oxygen atoms in total. The Morgan fingerprint density at radius 3 is 2.36 bits per heavy atom. The van der Waals surface area contributed by atoms with Crippen LogP contribution in [0.1, 0.15) is 57.4 Å². The van der Waals surface area contributed by atoms with Gasteiger partial charge in [0, 0.05) is 18.7 Å². The molecule has 192 valence electrons. The van der Waals surface area contributed by atoms with Crippen molar-refractivity contribution in [1.82, 2.24) is 24.9 Å². The number of aromatic nitrogens is 4. The molecule has 4 rings (SSSR count). The fourth-order valence-corrected chi connectivity index (χ4v) is 6.61. The normalized spacial score (nSPS) is 15.7. The molecule has 0 aliphatic heterocycles. The molecular weight excluding hydrogens is 478 g/mol. The highest BCUT2D eigenvalue weighted by Gasteiger charge is 2.43. The first-order valence-electron chi connectivity index (χ1n) is 12.5. The molecule has 1 aliphatic rings. The zero-order valence-corrected chi connectivity index (χ0v) is 21.4. The molecule has 0 atom stereocenters. The van der Waals surface area contributed by atoms with Gasteiger partial charge in [0.1, 0.15) is 0 Å². The van der Waals surface area contributed by atoms with Crippen LogP contribution in [0.3, 0.4) is 0 Å². The number of aliphatic carboxylic acids is 1. The lowest BCUT2D eigenvalue weighted by atomic mass is 9.74. The SMILES string of the molecule is CCCCS(=O)(=O)N(Cc1ccc(-c2ccccc2-c2nn[nH]n2)cc1)CC1(C(=O)O)CCCCC1. The predicted octanol–water partition coefficient (Wildman–Crippen LogP) is 4.50. The largest absolute Gasteiger partial charge is 0.481 e. The van der Waals surface area contributed by atoms with Gasteiger partial charge in [0.15, 0.2) is 0 Å². The number of carbonyl (C=O) groups is 1. The van der Waals surface area contributed by atoms with E-state index in [9.17, 15) is 18.3 Å². The molecule has 1 saturated carbocycles. The number of unbranched alkanes of at least 4 members (excludes halogenated alkanes) is 1. The lowest BCUT2D eigenvalue weighted by molar-refractivity contribution is -0.151. The maximum atomic E-state index is 13.3. The van der Waals surface area contributed by atoms with Gasteiger partial charge in [-0.1, -0.05) is 81.1 Å². The van der Waals surface area contributed by atoms with E-state index in [0.717, 1.165) is 47.9 Å². The zero-order valence-electron chi connectivity index (χ0n) is 20.6. The average Bonchev–Trinajstić information content (AvgIpc) is 3.43. The maximum absolute atomic E-state index is 13.3. The molecule has 2 aromatic carbocycles. The van der Waals surface area contributed by atoms with E-state index in [-0.39, 0.29) is 18.8 Å². The molecule has 0 saturated heterocycles. The van der Waals surface area contributed by atoms with Crippen molar-refractivity contribution in [2.45, 2.75) is 58.4 Å². The van der Waals surface area contributed by atoms with Gasteiger partial charge in [0.2, 0.25) is 15.8 Å². The minimum Gasteiger partial charge on any atom is -0.481 e. The van der Waals surface area contributed by atoms with E-state index in [1.165, 1.54) is 4.31 Å². The van der Waals surface area contributed by atoms with Crippen LogP contribution < -0.4 is 0 Å². The van der Waals surface area contributed by atoms with Gasteiger partial charge < -0.3 is 5.11 Å². The monoisotopic (exact) mass is 511 g/mol. The molecule has 0 radical (unpaired) electrons. The highest BCUT2D eigenvalue weighted by molar-refractivity contribution is 7.89. The maximum Gasteiger partial charge on any atom is 0.310 e. The summed E-state index contributed by atoms with van der Waals surface area (Å²) in [5, 5.41) is 24.4. The summed E-state index contributed by atoms with van der Waals surface area (Å²) in [6.45, 7) is 2.11. The van der Waals surface area contributed by atoms with Crippen LogP contribution in [-0.2, 0) is 21.4 Å². The van der Waals surface area contributed by atoms with Crippen LogP contribution >= 0.6 is 0 Å². The van der Waals surface area contributed by atoms with Crippen LogP contribution in [0.15, 0.2) is 48.5 Å². The second-order valence-electron chi connectivity index (χ2n) is 9.56. The predicted molar refractivity (Wildman–Crippen MR) is 137 cm³/mol. The van der Waals surface area contributed by atoms with Gasteiger partial charge in [0.05, 0.1) is 11.2 Å². The average molecular weight is 512 g/mol. The summed E-state index contributed by atoms with van der Waals surface area (Å²) in [7, 11) is -3.61. The number of carboxylic acid groups (broad SMARTS) is 1. The first kappa shape index (κ1) is 26.0. The van der Waals surface area contributed by atoms with Gasteiger partial charge in [0.25, 0.3) is 0 Å². The molecule has 1 aromatic heterocycles. The lowest BCUT2D eigenvalue weighted by Gasteiger charge is -2.37. The highest BCUT2D eigenvalue weighted by Crippen LogP contribution is 2.38. The highest BCUT2D eigenvalue weighted by atomic mass is 32.2. The molecule has 10 heteroatoms. The van der Waals surface area contributed by atoms with Crippen molar-refractivity contribution in [3.05, 3.63) is 54.1 Å². The molecule has 0 unspecified atom stereocenters. The second-order valence-corrected chi connectivity index (χ2v) is 11.7. The second kappa shape index (κ2) is 11.3. The summed E-state index contributed by atoms with van der Waals surface area (Å²) < 4.78 is 28.0.